The molecule has 0 bridgehead atoms. The lowest BCUT2D eigenvalue weighted by molar-refractivity contribution is -0.143. The van der Waals surface area contributed by atoms with Crippen molar-refractivity contribution in [2.45, 2.75) is 63.4 Å². The van der Waals surface area contributed by atoms with Crippen LogP contribution in [0.4, 0.5) is 0 Å². The van der Waals surface area contributed by atoms with Gasteiger partial charge < -0.3 is 4.74 Å². The minimum absolute atomic E-state index is 0.00920. The first-order chi connectivity index (χ1) is 10.2. The molecule has 2 nitrogen and oxygen atoms in total. The van der Waals surface area contributed by atoms with Gasteiger partial charge in [0, 0.05) is 18.4 Å². The van der Waals surface area contributed by atoms with Gasteiger partial charge in [-0.05, 0) is 31.2 Å². The van der Waals surface area contributed by atoms with Gasteiger partial charge in [0.2, 0.25) is 0 Å². The molecule has 2 unspecified atom stereocenters. The molecule has 2 aliphatic rings. The standard InChI is InChI=1S/C19H26O2/c1-15(16-8-4-2-5-9-16)18(20)17-10-13-21-19(14-17)11-6-3-7-12-19/h2,4-5,8-9,15,17H,3,6-7,10-14H2,1H3. The summed E-state index contributed by atoms with van der Waals surface area (Å²) in [6.07, 6.45) is 7.99. The molecular weight excluding hydrogens is 260 g/mol. The van der Waals surface area contributed by atoms with E-state index in [1.54, 1.807) is 0 Å². The van der Waals surface area contributed by atoms with Crippen molar-refractivity contribution < 1.29 is 9.53 Å². The second kappa shape index (κ2) is 6.31. The van der Waals surface area contributed by atoms with Crippen LogP contribution in [0.1, 0.15) is 63.4 Å². The van der Waals surface area contributed by atoms with Crippen LogP contribution in [-0.2, 0) is 9.53 Å². The maximum atomic E-state index is 12.9. The number of hydrogen-bond acceptors (Lipinski definition) is 2. The van der Waals surface area contributed by atoms with Gasteiger partial charge in [0.25, 0.3) is 0 Å². The van der Waals surface area contributed by atoms with Crippen molar-refractivity contribution in [3.63, 3.8) is 0 Å². The Morgan fingerprint density at radius 2 is 1.90 bits per heavy atom. The van der Waals surface area contributed by atoms with E-state index in [0.29, 0.717) is 5.78 Å². The van der Waals surface area contributed by atoms with E-state index in [1.165, 1.54) is 19.3 Å². The molecule has 1 spiro atoms. The highest BCUT2D eigenvalue weighted by atomic mass is 16.5. The first-order valence-corrected chi connectivity index (χ1v) is 8.43. The fourth-order valence-corrected chi connectivity index (χ4v) is 4.07. The number of hydrogen-bond donors (Lipinski definition) is 0. The van der Waals surface area contributed by atoms with Gasteiger partial charge in [0.1, 0.15) is 5.78 Å². The number of ketones is 1. The normalized spacial score (nSPS) is 26.4. The molecule has 1 heterocycles. The Morgan fingerprint density at radius 3 is 2.62 bits per heavy atom. The number of Topliss-reactive ketones (excluding diaryl/α,β-unsaturated/α-hetero) is 1. The predicted molar refractivity (Wildman–Crippen MR) is 84.4 cm³/mol. The zero-order chi connectivity index (χ0) is 14.7. The Morgan fingerprint density at radius 1 is 1.19 bits per heavy atom. The van der Waals surface area contributed by atoms with Crippen molar-refractivity contribution in [3.05, 3.63) is 35.9 Å². The summed E-state index contributed by atoms with van der Waals surface area (Å²) >= 11 is 0. The van der Waals surface area contributed by atoms with Gasteiger partial charge in [-0.25, -0.2) is 0 Å². The fraction of sp³-hybridized carbons (Fsp3) is 0.632. The van der Waals surface area contributed by atoms with Crippen LogP contribution in [0.15, 0.2) is 30.3 Å². The highest BCUT2D eigenvalue weighted by Gasteiger charge is 2.41. The number of benzene rings is 1. The first kappa shape index (κ1) is 14.8. The van der Waals surface area contributed by atoms with Crippen molar-refractivity contribution in [1.29, 1.82) is 0 Å². The summed E-state index contributed by atoms with van der Waals surface area (Å²) in [5.41, 5.74) is 1.17. The third kappa shape index (κ3) is 3.21. The Kier molecular flexibility index (Phi) is 4.44. The lowest BCUT2D eigenvalue weighted by atomic mass is 9.73. The van der Waals surface area contributed by atoms with E-state index in [0.717, 1.165) is 37.9 Å². The zero-order valence-electron chi connectivity index (χ0n) is 13.0. The molecule has 2 heteroatoms. The highest BCUT2D eigenvalue weighted by molar-refractivity contribution is 5.87. The van der Waals surface area contributed by atoms with E-state index in [-0.39, 0.29) is 17.4 Å². The molecule has 1 saturated heterocycles. The third-order valence-electron chi connectivity index (χ3n) is 5.39. The summed E-state index contributed by atoms with van der Waals surface area (Å²) in [5, 5.41) is 0. The van der Waals surface area contributed by atoms with Crippen LogP contribution in [0, 0.1) is 5.92 Å². The average molecular weight is 286 g/mol. The lowest BCUT2D eigenvalue weighted by Crippen LogP contribution is -2.44. The monoisotopic (exact) mass is 286 g/mol. The lowest BCUT2D eigenvalue weighted by Gasteiger charge is -2.43. The smallest absolute Gasteiger partial charge is 0.143 e. The molecule has 1 aromatic carbocycles. The minimum Gasteiger partial charge on any atom is -0.375 e. The summed E-state index contributed by atoms with van der Waals surface area (Å²) in [6, 6.07) is 10.2. The van der Waals surface area contributed by atoms with Crippen molar-refractivity contribution in [2.24, 2.45) is 5.92 Å². The molecule has 0 radical (unpaired) electrons. The van der Waals surface area contributed by atoms with Crippen LogP contribution in [0.3, 0.4) is 0 Å². The van der Waals surface area contributed by atoms with Gasteiger partial charge in [-0.15, -0.1) is 0 Å². The van der Waals surface area contributed by atoms with Gasteiger partial charge in [-0.3, -0.25) is 4.79 Å². The topological polar surface area (TPSA) is 26.3 Å². The van der Waals surface area contributed by atoms with Gasteiger partial charge in [0.05, 0.1) is 5.60 Å². The third-order valence-corrected chi connectivity index (χ3v) is 5.39. The van der Waals surface area contributed by atoms with Gasteiger partial charge >= 0.3 is 0 Å². The summed E-state index contributed by atoms with van der Waals surface area (Å²) in [4.78, 5) is 12.9. The van der Waals surface area contributed by atoms with Crippen LogP contribution in [0.25, 0.3) is 0 Å². The van der Waals surface area contributed by atoms with E-state index >= 15 is 0 Å². The Bertz CT molecular complexity index is 468. The van der Waals surface area contributed by atoms with Crippen LogP contribution in [-0.4, -0.2) is 18.0 Å². The van der Waals surface area contributed by atoms with Crippen molar-refractivity contribution in [3.8, 4) is 0 Å². The summed E-state index contributed by atoms with van der Waals surface area (Å²) < 4.78 is 6.12. The zero-order valence-corrected chi connectivity index (χ0v) is 13.0. The quantitative estimate of drug-likeness (QED) is 0.818. The number of carbonyl (C=O) groups excluding carboxylic acids is 1. The Hall–Kier alpha value is -1.15. The summed E-state index contributed by atoms with van der Waals surface area (Å²) in [6.45, 7) is 2.82. The van der Waals surface area contributed by atoms with Crippen LogP contribution < -0.4 is 0 Å². The second-order valence-electron chi connectivity index (χ2n) is 6.82. The molecule has 2 fully saturated rings. The van der Waals surface area contributed by atoms with E-state index in [9.17, 15) is 4.79 Å². The van der Waals surface area contributed by atoms with E-state index < -0.39 is 0 Å². The van der Waals surface area contributed by atoms with Crippen molar-refractivity contribution >= 4 is 5.78 Å². The van der Waals surface area contributed by atoms with Gasteiger partial charge in [0.15, 0.2) is 0 Å². The van der Waals surface area contributed by atoms with Crippen molar-refractivity contribution in [2.75, 3.05) is 6.61 Å². The maximum Gasteiger partial charge on any atom is 0.143 e. The molecule has 1 aliphatic carbocycles. The Balaban J connectivity index is 1.69. The maximum absolute atomic E-state index is 12.9. The summed E-state index contributed by atoms with van der Waals surface area (Å²) in [5.74, 6) is 0.608. The van der Waals surface area contributed by atoms with Gasteiger partial charge in [-0.2, -0.15) is 0 Å². The number of rotatable bonds is 3. The molecule has 1 aromatic rings. The molecule has 21 heavy (non-hydrogen) atoms. The number of carbonyl (C=O) groups is 1. The average Bonchev–Trinajstić information content (AvgIpc) is 2.55. The molecule has 3 rings (SSSR count). The Labute approximate surface area is 127 Å². The summed E-state index contributed by atoms with van der Waals surface area (Å²) in [7, 11) is 0. The second-order valence-corrected chi connectivity index (χ2v) is 6.82. The molecule has 2 atom stereocenters. The largest absolute Gasteiger partial charge is 0.375 e. The molecular formula is C19H26O2. The van der Waals surface area contributed by atoms with Crippen LogP contribution in [0.5, 0.6) is 0 Å². The van der Waals surface area contributed by atoms with Crippen LogP contribution in [0.2, 0.25) is 0 Å². The highest BCUT2D eigenvalue weighted by Crippen LogP contribution is 2.42. The van der Waals surface area contributed by atoms with E-state index in [2.05, 4.69) is 19.1 Å². The predicted octanol–water partition coefficient (Wildman–Crippen LogP) is 4.49. The van der Waals surface area contributed by atoms with E-state index in [4.69, 9.17) is 4.74 Å². The molecule has 114 valence electrons. The molecule has 0 aromatic heterocycles. The molecule has 0 N–H and O–H groups in total. The minimum atomic E-state index is 0.00920. The SMILES string of the molecule is CC(C(=O)C1CCOC2(CCCCC2)C1)c1ccccc1. The van der Waals surface area contributed by atoms with Gasteiger partial charge in [-0.1, -0.05) is 56.5 Å². The number of ether oxygens (including phenoxy) is 1. The fourth-order valence-electron chi connectivity index (χ4n) is 4.07. The molecule has 0 amide bonds. The van der Waals surface area contributed by atoms with E-state index in [1.807, 2.05) is 18.2 Å². The van der Waals surface area contributed by atoms with Crippen LogP contribution >= 0.6 is 0 Å². The molecule has 1 saturated carbocycles. The first-order valence-electron chi connectivity index (χ1n) is 8.43. The van der Waals surface area contributed by atoms with Crippen molar-refractivity contribution in [1.82, 2.24) is 0 Å². The molecule has 1 aliphatic heterocycles.